The molecule has 0 bridgehead atoms. The van der Waals surface area contributed by atoms with E-state index >= 15 is 0 Å². The molecule has 3 N–H and O–H groups in total. The molecule has 9 heteroatoms. The van der Waals surface area contributed by atoms with Crippen molar-refractivity contribution < 1.29 is 22.4 Å². The number of hydrogen-bond donors (Lipinski definition) is 3. The summed E-state index contributed by atoms with van der Waals surface area (Å²) in [5.74, 6) is -1.62. The number of nitrogens with one attached hydrogen (secondary N) is 3. The molecule has 1 aliphatic heterocycles. The van der Waals surface area contributed by atoms with Crippen molar-refractivity contribution in [1.82, 2.24) is 10.6 Å². The summed E-state index contributed by atoms with van der Waals surface area (Å²) in [5.41, 5.74) is 0.385. The Hall–Kier alpha value is -2.00. The number of benzene rings is 1. The van der Waals surface area contributed by atoms with E-state index in [1.54, 1.807) is 0 Å². The lowest BCUT2D eigenvalue weighted by Gasteiger charge is -2.34. The second kappa shape index (κ2) is 7.27. The van der Waals surface area contributed by atoms with Gasteiger partial charge in [-0.1, -0.05) is 0 Å². The zero-order valence-corrected chi connectivity index (χ0v) is 14.1. The van der Waals surface area contributed by atoms with Gasteiger partial charge in [0.2, 0.25) is 11.8 Å². The van der Waals surface area contributed by atoms with Crippen molar-refractivity contribution in [1.29, 1.82) is 0 Å². The molecule has 7 nitrogen and oxygen atoms in total. The van der Waals surface area contributed by atoms with Gasteiger partial charge in [-0.15, -0.1) is 0 Å². The largest absolute Gasteiger partial charge is 0.346 e. The Balaban J connectivity index is 1.98. The van der Waals surface area contributed by atoms with Crippen LogP contribution >= 0.6 is 0 Å². The second-order valence-corrected chi connectivity index (χ2v) is 8.08. The fourth-order valence-corrected chi connectivity index (χ4v) is 4.01. The summed E-state index contributed by atoms with van der Waals surface area (Å²) in [6.07, 6.45) is 1.37. The average Bonchev–Trinajstić information content (AvgIpc) is 2.54. The molecule has 1 saturated heterocycles. The molecule has 2 amide bonds. The maximum absolute atomic E-state index is 12.8. The van der Waals surface area contributed by atoms with Crippen molar-refractivity contribution in [2.45, 2.75) is 17.6 Å². The Kier molecular flexibility index (Phi) is 5.55. The summed E-state index contributed by atoms with van der Waals surface area (Å²) in [6, 6.07) is 5.17. The molecule has 1 aromatic rings. The maximum atomic E-state index is 12.8. The summed E-state index contributed by atoms with van der Waals surface area (Å²) in [6.45, 7) is 0.478. The van der Waals surface area contributed by atoms with Crippen LogP contribution in [-0.2, 0) is 19.4 Å². The topological polar surface area (TPSA) is 104 Å². The van der Waals surface area contributed by atoms with E-state index in [1.165, 1.54) is 24.3 Å². The second-order valence-electron chi connectivity index (χ2n) is 5.75. The highest BCUT2D eigenvalue weighted by molar-refractivity contribution is 7.92. The standard InChI is InChI=1S/C15H20FN3O4S/c1-24(22,23)15(6-8-17-9-7-15)14(21)18-10-13(20)19-12-4-2-11(16)3-5-12/h2-5,17H,6-10H2,1H3,(H,18,21)(H,19,20). The number of hydrogen-bond acceptors (Lipinski definition) is 5. The summed E-state index contributed by atoms with van der Waals surface area (Å²) in [7, 11) is -3.62. The fraction of sp³-hybridized carbons (Fsp3) is 0.467. The van der Waals surface area contributed by atoms with E-state index in [2.05, 4.69) is 16.0 Å². The normalized spacial score (nSPS) is 17.1. The number of rotatable bonds is 5. The van der Waals surface area contributed by atoms with E-state index in [1.807, 2.05) is 0 Å². The van der Waals surface area contributed by atoms with Crippen LogP contribution in [0, 0.1) is 5.82 Å². The highest BCUT2D eigenvalue weighted by Gasteiger charge is 2.48. The lowest BCUT2D eigenvalue weighted by atomic mass is 9.96. The van der Waals surface area contributed by atoms with Crippen molar-refractivity contribution in [3.8, 4) is 0 Å². The lowest BCUT2D eigenvalue weighted by molar-refractivity contribution is -0.126. The van der Waals surface area contributed by atoms with Gasteiger partial charge < -0.3 is 16.0 Å². The molecule has 1 fully saturated rings. The van der Waals surface area contributed by atoms with E-state index < -0.39 is 32.2 Å². The fourth-order valence-electron chi connectivity index (χ4n) is 2.66. The van der Waals surface area contributed by atoms with Crippen LogP contribution in [0.5, 0.6) is 0 Å². The van der Waals surface area contributed by atoms with Gasteiger partial charge in [0, 0.05) is 11.9 Å². The third-order valence-electron chi connectivity index (χ3n) is 4.07. The van der Waals surface area contributed by atoms with E-state index in [4.69, 9.17) is 0 Å². The maximum Gasteiger partial charge on any atom is 0.243 e. The number of piperidine rings is 1. The first-order chi connectivity index (χ1) is 11.2. The van der Waals surface area contributed by atoms with Gasteiger partial charge in [-0.2, -0.15) is 0 Å². The Morgan fingerprint density at radius 3 is 2.33 bits per heavy atom. The lowest BCUT2D eigenvalue weighted by Crippen LogP contribution is -2.58. The molecular formula is C15H20FN3O4S. The molecule has 0 spiro atoms. The van der Waals surface area contributed by atoms with Crippen LogP contribution in [-0.4, -0.2) is 50.9 Å². The average molecular weight is 357 g/mol. The predicted octanol–water partition coefficient (Wildman–Crippen LogP) is 0.0472. The van der Waals surface area contributed by atoms with Gasteiger partial charge in [0.25, 0.3) is 0 Å². The molecule has 132 valence electrons. The zero-order chi connectivity index (χ0) is 17.8. The molecule has 0 aromatic heterocycles. The van der Waals surface area contributed by atoms with Crippen LogP contribution in [0.3, 0.4) is 0 Å². The molecule has 24 heavy (non-hydrogen) atoms. The van der Waals surface area contributed by atoms with Gasteiger partial charge in [-0.3, -0.25) is 9.59 Å². The minimum absolute atomic E-state index is 0.164. The van der Waals surface area contributed by atoms with Gasteiger partial charge >= 0.3 is 0 Å². The number of carbonyl (C=O) groups is 2. The number of halogens is 1. The number of sulfone groups is 1. The van der Waals surface area contributed by atoms with Crippen LogP contribution < -0.4 is 16.0 Å². The van der Waals surface area contributed by atoms with E-state index in [0.29, 0.717) is 18.8 Å². The number of anilines is 1. The molecule has 0 saturated carbocycles. The van der Waals surface area contributed by atoms with Gasteiger partial charge in [0.15, 0.2) is 14.6 Å². The summed E-state index contributed by atoms with van der Waals surface area (Å²) in [4.78, 5) is 24.3. The SMILES string of the molecule is CS(=O)(=O)C1(C(=O)NCC(=O)Nc2ccc(F)cc2)CCNCC1. The van der Waals surface area contributed by atoms with Crippen LogP contribution in [0.25, 0.3) is 0 Å². The molecule has 1 heterocycles. The molecule has 0 radical (unpaired) electrons. The highest BCUT2D eigenvalue weighted by atomic mass is 32.2. The molecule has 1 aliphatic rings. The van der Waals surface area contributed by atoms with E-state index in [-0.39, 0.29) is 19.4 Å². The van der Waals surface area contributed by atoms with Crippen LogP contribution in [0.15, 0.2) is 24.3 Å². The molecule has 0 unspecified atom stereocenters. The van der Waals surface area contributed by atoms with E-state index in [0.717, 1.165) is 6.26 Å². The van der Waals surface area contributed by atoms with Crippen molar-refractivity contribution in [3.05, 3.63) is 30.1 Å². The van der Waals surface area contributed by atoms with Gasteiger partial charge in [0.1, 0.15) is 5.82 Å². The minimum Gasteiger partial charge on any atom is -0.346 e. The third-order valence-corrected chi connectivity index (χ3v) is 6.09. The third kappa shape index (κ3) is 4.09. The van der Waals surface area contributed by atoms with Gasteiger partial charge in [0.05, 0.1) is 6.54 Å². The summed E-state index contributed by atoms with van der Waals surface area (Å²) < 4.78 is 35.5. The Labute approximate surface area is 139 Å². The van der Waals surface area contributed by atoms with Crippen molar-refractivity contribution >= 4 is 27.3 Å². The summed E-state index contributed by atoms with van der Waals surface area (Å²) >= 11 is 0. The van der Waals surface area contributed by atoms with Crippen molar-refractivity contribution in [3.63, 3.8) is 0 Å². The van der Waals surface area contributed by atoms with Crippen molar-refractivity contribution in [2.24, 2.45) is 0 Å². The quantitative estimate of drug-likeness (QED) is 0.691. The first-order valence-corrected chi connectivity index (χ1v) is 9.38. The first kappa shape index (κ1) is 18.3. The molecular weight excluding hydrogens is 337 g/mol. The molecule has 1 aromatic carbocycles. The molecule has 2 rings (SSSR count). The zero-order valence-electron chi connectivity index (χ0n) is 13.3. The number of amides is 2. The Bertz CT molecular complexity index is 713. The summed E-state index contributed by atoms with van der Waals surface area (Å²) in [5, 5.41) is 7.91. The van der Waals surface area contributed by atoms with Gasteiger partial charge in [-0.25, -0.2) is 12.8 Å². The minimum atomic E-state index is -3.62. The monoisotopic (exact) mass is 357 g/mol. The Morgan fingerprint density at radius 1 is 1.21 bits per heavy atom. The number of carbonyl (C=O) groups excluding carboxylic acids is 2. The van der Waals surface area contributed by atoms with Crippen LogP contribution in [0.1, 0.15) is 12.8 Å². The van der Waals surface area contributed by atoms with Crippen LogP contribution in [0.4, 0.5) is 10.1 Å². The smallest absolute Gasteiger partial charge is 0.243 e. The van der Waals surface area contributed by atoms with Gasteiger partial charge in [-0.05, 0) is 50.2 Å². The highest BCUT2D eigenvalue weighted by Crippen LogP contribution is 2.27. The Morgan fingerprint density at radius 2 is 1.79 bits per heavy atom. The molecule has 0 aliphatic carbocycles. The van der Waals surface area contributed by atoms with Crippen molar-refractivity contribution in [2.75, 3.05) is 31.2 Å². The van der Waals surface area contributed by atoms with E-state index in [9.17, 15) is 22.4 Å². The first-order valence-electron chi connectivity index (χ1n) is 7.49. The predicted molar refractivity (Wildman–Crippen MR) is 87.7 cm³/mol. The molecule has 0 atom stereocenters. The van der Waals surface area contributed by atoms with Crippen LogP contribution in [0.2, 0.25) is 0 Å².